The highest BCUT2D eigenvalue weighted by Gasteiger charge is 2.10. The molecule has 1 aromatic carbocycles. The van der Waals surface area contributed by atoms with E-state index in [1.54, 1.807) is 17.6 Å². The van der Waals surface area contributed by atoms with Crippen LogP contribution in [0.2, 0.25) is 0 Å². The summed E-state index contributed by atoms with van der Waals surface area (Å²) in [5.41, 5.74) is 2.07. The summed E-state index contributed by atoms with van der Waals surface area (Å²) in [7, 11) is 0. The van der Waals surface area contributed by atoms with Gasteiger partial charge >= 0.3 is 0 Å². The molecule has 0 aliphatic carbocycles. The zero-order valence-electron chi connectivity index (χ0n) is 8.83. The molecule has 0 atom stereocenters. The molecule has 3 heterocycles. The van der Waals surface area contributed by atoms with Crippen molar-refractivity contribution in [2.24, 2.45) is 0 Å². The van der Waals surface area contributed by atoms with Crippen molar-refractivity contribution < 1.29 is 4.42 Å². The fourth-order valence-electron chi connectivity index (χ4n) is 1.99. The molecule has 4 rings (SSSR count). The van der Waals surface area contributed by atoms with Gasteiger partial charge in [0.05, 0.1) is 16.5 Å². The molecule has 3 nitrogen and oxygen atoms in total. The van der Waals surface area contributed by atoms with E-state index in [0.717, 1.165) is 16.4 Å². The zero-order chi connectivity index (χ0) is 11.2. The summed E-state index contributed by atoms with van der Waals surface area (Å²) >= 11 is 1.69. The van der Waals surface area contributed by atoms with Crippen LogP contribution in [-0.2, 0) is 0 Å². The van der Waals surface area contributed by atoms with Crippen molar-refractivity contribution in [2.75, 3.05) is 0 Å². The normalized spacial score (nSPS) is 11.5. The first-order valence-electron chi connectivity index (χ1n) is 5.32. The van der Waals surface area contributed by atoms with E-state index in [1.165, 1.54) is 10.2 Å². The molecule has 0 aliphatic heterocycles. The molecule has 82 valence electrons. The van der Waals surface area contributed by atoms with E-state index in [2.05, 4.69) is 21.5 Å². The van der Waals surface area contributed by atoms with Crippen LogP contribution in [0.4, 0.5) is 0 Å². The van der Waals surface area contributed by atoms with Crippen LogP contribution in [0.5, 0.6) is 0 Å². The van der Waals surface area contributed by atoms with E-state index in [9.17, 15) is 0 Å². The Labute approximate surface area is 101 Å². The maximum Gasteiger partial charge on any atom is 0.195 e. The van der Waals surface area contributed by atoms with Crippen LogP contribution < -0.4 is 0 Å². The van der Waals surface area contributed by atoms with Crippen LogP contribution in [0.3, 0.4) is 0 Å². The number of imidazole rings is 1. The van der Waals surface area contributed by atoms with Gasteiger partial charge in [-0.2, -0.15) is 0 Å². The van der Waals surface area contributed by atoms with Crippen LogP contribution in [0.15, 0.2) is 53.3 Å². The average molecular weight is 240 g/mol. The van der Waals surface area contributed by atoms with Crippen molar-refractivity contribution in [3.63, 3.8) is 0 Å². The van der Waals surface area contributed by atoms with Crippen molar-refractivity contribution >= 4 is 26.5 Å². The first-order chi connectivity index (χ1) is 8.42. The Morgan fingerprint density at radius 1 is 1.12 bits per heavy atom. The van der Waals surface area contributed by atoms with Crippen molar-refractivity contribution in [1.82, 2.24) is 9.38 Å². The fourth-order valence-corrected chi connectivity index (χ4v) is 3.00. The van der Waals surface area contributed by atoms with Gasteiger partial charge in [-0.05, 0) is 24.3 Å². The summed E-state index contributed by atoms with van der Waals surface area (Å²) in [6.07, 6.45) is 3.69. The third-order valence-corrected chi connectivity index (χ3v) is 3.81. The summed E-state index contributed by atoms with van der Waals surface area (Å²) in [6.45, 7) is 0. The van der Waals surface area contributed by atoms with Crippen LogP contribution in [0, 0.1) is 0 Å². The molecular weight excluding hydrogens is 232 g/mol. The molecule has 0 unspecified atom stereocenters. The van der Waals surface area contributed by atoms with Gasteiger partial charge in [0.2, 0.25) is 0 Å². The second-order valence-corrected chi connectivity index (χ2v) is 4.83. The van der Waals surface area contributed by atoms with E-state index in [1.807, 2.05) is 30.5 Å². The monoisotopic (exact) mass is 240 g/mol. The summed E-state index contributed by atoms with van der Waals surface area (Å²) in [5, 5.41) is 0. The van der Waals surface area contributed by atoms with Gasteiger partial charge in [0.1, 0.15) is 5.69 Å². The Morgan fingerprint density at radius 3 is 2.94 bits per heavy atom. The molecular formula is C13H8N2OS. The minimum Gasteiger partial charge on any atom is -0.463 e. The van der Waals surface area contributed by atoms with Crippen LogP contribution >= 0.6 is 11.3 Å². The van der Waals surface area contributed by atoms with Gasteiger partial charge in [-0.15, -0.1) is 0 Å². The molecule has 0 spiro atoms. The molecule has 0 saturated heterocycles. The number of benzene rings is 1. The summed E-state index contributed by atoms with van der Waals surface area (Å²) < 4.78 is 8.72. The molecule has 0 saturated carbocycles. The lowest BCUT2D eigenvalue weighted by Crippen LogP contribution is -1.75. The average Bonchev–Trinajstić information content (AvgIpc) is 3.03. The van der Waals surface area contributed by atoms with E-state index < -0.39 is 0 Å². The van der Waals surface area contributed by atoms with Crippen molar-refractivity contribution in [3.05, 3.63) is 48.9 Å². The number of furan rings is 1. The zero-order valence-corrected chi connectivity index (χ0v) is 9.65. The SMILES string of the molecule is c1coc(-c2cn3c(n2)sc2ccccc23)c1. The number of hydrogen-bond acceptors (Lipinski definition) is 3. The van der Waals surface area contributed by atoms with Gasteiger partial charge in [0.15, 0.2) is 10.7 Å². The van der Waals surface area contributed by atoms with E-state index in [0.29, 0.717) is 0 Å². The van der Waals surface area contributed by atoms with Gasteiger partial charge in [-0.3, -0.25) is 4.40 Å². The predicted molar refractivity (Wildman–Crippen MR) is 68.3 cm³/mol. The smallest absolute Gasteiger partial charge is 0.195 e. The summed E-state index contributed by atoms with van der Waals surface area (Å²) in [5.74, 6) is 0.810. The first-order valence-corrected chi connectivity index (χ1v) is 6.14. The van der Waals surface area contributed by atoms with E-state index in [4.69, 9.17) is 4.42 Å². The largest absolute Gasteiger partial charge is 0.463 e. The standard InChI is InChI=1S/C13H8N2OS/c1-2-6-12-10(4-1)15-8-9(14-13(15)17-12)11-5-3-7-16-11/h1-8H. The predicted octanol–water partition coefficient (Wildman–Crippen LogP) is 3.81. The molecule has 4 aromatic rings. The van der Waals surface area contributed by atoms with Gasteiger partial charge in [0, 0.05) is 6.20 Å². The van der Waals surface area contributed by atoms with Gasteiger partial charge < -0.3 is 4.42 Å². The summed E-state index contributed by atoms with van der Waals surface area (Å²) in [6, 6.07) is 12.1. The number of para-hydroxylation sites is 1. The van der Waals surface area contributed by atoms with Crippen LogP contribution in [-0.4, -0.2) is 9.38 Å². The van der Waals surface area contributed by atoms with Gasteiger partial charge in [-0.1, -0.05) is 23.5 Å². The van der Waals surface area contributed by atoms with Crippen LogP contribution in [0.1, 0.15) is 0 Å². The lowest BCUT2D eigenvalue weighted by molar-refractivity contribution is 0.580. The Balaban J connectivity index is 2.05. The number of rotatable bonds is 1. The first kappa shape index (κ1) is 9.01. The quantitative estimate of drug-likeness (QED) is 0.506. The molecule has 0 N–H and O–H groups in total. The van der Waals surface area contributed by atoms with Gasteiger partial charge in [0.25, 0.3) is 0 Å². The van der Waals surface area contributed by atoms with E-state index >= 15 is 0 Å². The Morgan fingerprint density at radius 2 is 2.06 bits per heavy atom. The maximum absolute atomic E-state index is 5.36. The van der Waals surface area contributed by atoms with Crippen molar-refractivity contribution in [2.45, 2.75) is 0 Å². The lowest BCUT2D eigenvalue weighted by Gasteiger charge is -1.89. The summed E-state index contributed by atoms with van der Waals surface area (Å²) in [4.78, 5) is 5.58. The maximum atomic E-state index is 5.36. The van der Waals surface area contributed by atoms with Crippen molar-refractivity contribution in [3.8, 4) is 11.5 Å². The molecule has 4 heteroatoms. The van der Waals surface area contributed by atoms with Crippen LogP contribution in [0.25, 0.3) is 26.6 Å². The Bertz CT molecular complexity index is 795. The number of nitrogens with zero attached hydrogens (tertiary/aromatic N) is 2. The molecule has 0 aliphatic rings. The number of thiazole rings is 1. The van der Waals surface area contributed by atoms with E-state index in [-0.39, 0.29) is 0 Å². The highest BCUT2D eigenvalue weighted by molar-refractivity contribution is 7.23. The number of aromatic nitrogens is 2. The van der Waals surface area contributed by atoms with Crippen molar-refractivity contribution in [1.29, 1.82) is 0 Å². The second-order valence-electron chi connectivity index (χ2n) is 3.83. The third-order valence-electron chi connectivity index (χ3n) is 2.77. The fraction of sp³-hybridized carbons (Fsp3) is 0. The molecule has 17 heavy (non-hydrogen) atoms. The molecule has 0 fully saturated rings. The highest BCUT2D eigenvalue weighted by atomic mass is 32.1. The molecule has 0 bridgehead atoms. The molecule has 0 radical (unpaired) electrons. The van der Waals surface area contributed by atoms with Gasteiger partial charge in [-0.25, -0.2) is 4.98 Å². The highest BCUT2D eigenvalue weighted by Crippen LogP contribution is 2.29. The third kappa shape index (κ3) is 1.24. The molecule has 0 amide bonds. The topological polar surface area (TPSA) is 30.4 Å². The molecule has 3 aromatic heterocycles. The minimum atomic E-state index is 0.810. The number of hydrogen-bond donors (Lipinski definition) is 0. The minimum absolute atomic E-state index is 0.810. The number of fused-ring (bicyclic) bond motifs is 3. The lowest BCUT2D eigenvalue weighted by atomic mass is 10.3. The second kappa shape index (κ2) is 3.21. The Kier molecular flexibility index (Phi) is 1.70. The Hall–Kier alpha value is -2.07.